The third kappa shape index (κ3) is 3.21. The van der Waals surface area contributed by atoms with E-state index in [2.05, 4.69) is 5.32 Å². The Hall–Kier alpha value is -0.670. The summed E-state index contributed by atoms with van der Waals surface area (Å²) in [5.41, 5.74) is 0.997. The lowest BCUT2D eigenvalue weighted by Gasteiger charge is -2.21. The lowest BCUT2D eigenvalue weighted by Crippen LogP contribution is -2.20. The fourth-order valence-electron chi connectivity index (χ4n) is 2.73. The van der Waals surface area contributed by atoms with Crippen LogP contribution in [-0.4, -0.2) is 13.0 Å². The first-order valence-corrected chi connectivity index (χ1v) is 6.69. The lowest BCUT2D eigenvalue weighted by atomic mass is 9.93. The van der Waals surface area contributed by atoms with E-state index in [0.29, 0.717) is 11.4 Å². The number of halogens is 3. The van der Waals surface area contributed by atoms with Gasteiger partial charge in [0.2, 0.25) is 5.92 Å². The Kier molecular flexibility index (Phi) is 4.23. The van der Waals surface area contributed by atoms with Crippen LogP contribution >= 0.6 is 11.6 Å². The summed E-state index contributed by atoms with van der Waals surface area (Å²) in [4.78, 5) is 0. The second-order valence-electron chi connectivity index (χ2n) is 5.06. The van der Waals surface area contributed by atoms with Crippen LogP contribution in [0.15, 0.2) is 24.3 Å². The zero-order valence-corrected chi connectivity index (χ0v) is 11.2. The van der Waals surface area contributed by atoms with Gasteiger partial charge in [0.1, 0.15) is 0 Å². The molecule has 1 aliphatic rings. The minimum absolute atomic E-state index is 0.00956. The molecule has 0 amide bonds. The van der Waals surface area contributed by atoms with Crippen molar-refractivity contribution in [1.29, 1.82) is 0 Å². The predicted octanol–water partition coefficient (Wildman–Crippen LogP) is 4.43. The summed E-state index contributed by atoms with van der Waals surface area (Å²) in [6.07, 6.45) is 1.36. The van der Waals surface area contributed by atoms with Gasteiger partial charge in [-0.3, -0.25) is 0 Å². The van der Waals surface area contributed by atoms with Gasteiger partial charge in [0.05, 0.1) is 0 Å². The third-order valence-corrected chi connectivity index (χ3v) is 4.05. The summed E-state index contributed by atoms with van der Waals surface area (Å²) in [6, 6.07) is 7.65. The molecule has 1 aliphatic carbocycles. The molecule has 100 valence electrons. The molecule has 0 bridgehead atoms. The topological polar surface area (TPSA) is 12.0 Å². The second kappa shape index (κ2) is 5.54. The Labute approximate surface area is 112 Å². The predicted molar refractivity (Wildman–Crippen MR) is 70.2 cm³/mol. The van der Waals surface area contributed by atoms with E-state index in [4.69, 9.17) is 11.6 Å². The molecule has 2 atom stereocenters. The van der Waals surface area contributed by atoms with E-state index in [1.54, 1.807) is 0 Å². The highest BCUT2D eigenvalue weighted by Gasteiger charge is 2.40. The van der Waals surface area contributed by atoms with Crippen LogP contribution in [0.2, 0.25) is 5.02 Å². The van der Waals surface area contributed by atoms with Gasteiger partial charge >= 0.3 is 0 Å². The summed E-state index contributed by atoms with van der Waals surface area (Å²) in [7, 11) is 1.85. The highest BCUT2D eigenvalue weighted by Crippen LogP contribution is 2.42. The van der Waals surface area contributed by atoms with Gasteiger partial charge in [-0.05, 0) is 37.4 Å². The zero-order chi connectivity index (χ0) is 13.2. The molecule has 2 unspecified atom stereocenters. The van der Waals surface area contributed by atoms with Gasteiger partial charge in [0, 0.05) is 23.9 Å². The molecule has 0 radical (unpaired) electrons. The molecule has 0 aliphatic heterocycles. The first-order valence-electron chi connectivity index (χ1n) is 6.31. The van der Waals surface area contributed by atoms with Crippen LogP contribution in [0, 0.1) is 5.92 Å². The molecule has 0 saturated heterocycles. The van der Waals surface area contributed by atoms with E-state index in [-0.39, 0.29) is 24.8 Å². The van der Waals surface area contributed by atoms with Gasteiger partial charge in [-0.15, -0.1) is 0 Å². The lowest BCUT2D eigenvalue weighted by molar-refractivity contribution is 0.00433. The van der Waals surface area contributed by atoms with Crippen molar-refractivity contribution in [2.45, 2.75) is 37.6 Å². The number of alkyl halides is 2. The first-order chi connectivity index (χ1) is 8.52. The molecule has 18 heavy (non-hydrogen) atoms. The molecule has 0 heterocycles. The third-order valence-electron chi connectivity index (χ3n) is 3.70. The van der Waals surface area contributed by atoms with Crippen molar-refractivity contribution < 1.29 is 8.78 Å². The average Bonchev–Trinajstić information content (AvgIpc) is 2.67. The Morgan fingerprint density at radius 3 is 2.72 bits per heavy atom. The molecular formula is C14H18ClF2N. The van der Waals surface area contributed by atoms with E-state index in [9.17, 15) is 8.78 Å². The van der Waals surface area contributed by atoms with E-state index in [0.717, 1.165) is 12.0 Å². The Morgan fingerprint density at radius 1 is 1.44 bits per heavy atom. The maximum Gasteiger partial charge on any atom is 0.248 e. The standard InChI is InChI=1S/C14H18ClF2N/c1-18-13(11-4-2-3-5-12(11)15)8-10-6-7-14(16,17)9-10/h2-5,10,13,18H,6-9H2,1H3. The molecule has 1 N–H and O–H groups in total. The van der Waals surface area contributed by atoms with Gasteiger partial charge in [-0.1, -0.05) is 29.8 Å². The van der Waals surface area contributed by atoms with E-state index < -0.39 is 5.92 Å². The van der Waals surface area contributed by atoms with Crippen molar-refractivity contribution in [2.75, 3.05) is 7.05 Å². The van der Waals surface area contributed by atoms with E-state index >= 15 is 0 Å². The largest absolute Gasteiger partial charge is 0.313 e. The maximum absolute atomic E-state index is 13.2. The van der Waals surface area contributed by atoms with Crippen LogP contribution in [0.25, 0.3) is 0 Å². The van der Waals surface area contributed by atoms with Gasteiger partial charge in [0.25, 0.3) is 0 Å². The quantitative estimate of drug-likeness (QED) is 0.856. The van der Waals surface area contributed by atoms with Crippen LogP contribution in [0.3, 0.4) is 0 Å². The molecule has 4 heteroatoms. The van der Waals surface area contributed by atoms with Crippen LogP contribution in [0.1, 0.15) is 37.3 Å². The summed E-state index contributed by atoms with van der Waals surface area (Å²) >= 11 is 6.15. The molecule has 2 rings (SSSR count). The molecule has 0 aromatic heterocycles. The van der Waals surface area contributed by atoms with Gasteiger partial charge in [-0.25, -0.2) is 8.78 Å². The van der Waals surface area contributed by atoms with Crippen LogP contribution < -0.4 is 5.32 Å². The molecule has 1 aromatic carbocycles. The van der Waals surface area contributed by atoms with Crippen molar-refractivity contribution in [3.63, 3.8) is 0 Å². The summed E-state index contributed by atoms with van der Waals surface area (Å²) in [5, 5.41) is 3.88. The van der Waals surface area contributed by atoms with Crippen molar-refractivity contribution >= 4 is 11.6 Å². The first kappa shape index (κ1) is 13.8. The Bertz CT molecular complexity index is 409. The van der Waals surface area contributed by atoms with Crippen molar-refractivity contribution in [3.05, 3.63) is 34.9 Å². The molecule has 1 fully saturated rings. The van der Waals surface area contributed by atoms with Crippen LogP contribution in [0.5, 0.6) is 0 Å². The summed E-state index contributed by atoms with van der Waals surface area (Å²) in [6.45, 7) is 0. The highest BCUT2D eigenvalue weighted by atomic mass is 35.5. The number of benzene rings is 1. The van der Waals surface area contributed by atoms with Crippen LogP contribution in [0.4, 0.5) is 8.78 Å². The highest BCUT2D eigenvalue weighted by molar-refractivity contribution is 6.31. The SMILES string of the molecule is CNC(CC1CCC(F)(F)C1)c1ccccc1Cl. The smallest absolute Gasteiger partial charge is 0.248 e. The molecule has 1 saturated carbocycles. The molecular weight excluding hydrogens is 256 g/mol. The minimum Gasteiger partial charge on any atom is -0.313 e. The Morgan fingerprint density at radius 2 is 2.17 bits per heavy atom. The summed E-state index contributed by atoms with van der Waals surface area (Å²) < 4.78 is 26.4. The summed E-state index contributed by atoms with van der Waals surface area (Å²) in [5.74, 6) is -2.39. The fraction of sp³-hybridized carbons (Fsp3) is 0.571. The normalized spacial score (nSPS) is 24.1. The van der Waals surface area contributed by atoms with Gasteiger partial charge in [0.15, 0.2) is 0 Å². The number of nitrogens with one attached hydrogen (secondary N) is 1. The second-order valence-corrected chi connectivity index (χ2v) is 5.47. The number of hydrogen-bond acceptors (Lipinski definition) is 1. The minimum atomic E-state index is -2.47. The van der Waals surface area contributed by atoms with Crippen molar-refractivity contribution in [2.24, 2.45) is 5.92 Å². The van der Waals surface area contributed by atoms with E-state index in [1.807, 2.05) is 31.3 Å². The molecule has 1 nitrogen and oxygen atoms in total. The average molecular weight is 274 g/mol. The van der Waals surface area contributed by atoms with Gasteiger partial charge < -0.3 is 5.32 Å². The van der Waals surface area contributed by atoms with Crippen molar-refractivity contribution in [3.8, 4) is 0 Å². The zero-order valence-electron chi connectivity index (χ0n) is 10.4. The monoisotopic (exact) mass is 273 g/mol. The maximum atomic E-state index is 13.2. The van der Waals surface area contributed by atoms with Gasteiger partial charge in [-0.2, -0.15) is 0 Å². The van der Waals surface area contributed by atoms with Crippen LogP contribution in [-0.2, 0) is 0 Å². The molecule has 1 aromatic rings. The Balaban J connectivity index is 2.05. The number of rotatable bonds is 4. The van der Waals surface area contributed by atoms with Crippen molar-refractivity contribution in [1.82, 2.24) is 5.32 Å². The van der Waals surface area contributed by atoms with E-state index in [1.165, 1.54) is 0 Å². The fourth-order valence-corrected chi connectivity index (χ4v) is 3.00. The number of hydrogen-bond donors (Lipinski definition) is 1. The molecule has 0 spiro atoms.